The molecule has 0 saturated carbocycles. The molecule has 0 bridgehead atoms. The van der Waals surface area contributed by atoms with E-state index in [0.717, 1.165) is 33.5 Å². The molecule has 3 heterocycles. The topological polar surface area (TPSA) is 59.7 Å². The van der Waals surface area contributed by atoms with Crippen LogP contribution in [-0.4, -0.2) is 45.4 Å². The molecular weight excluding hydrogens is 372 g/mol. The fourth-order valence-electron chi connectivity index (χ4n) is 2.84. The number of ether oxygens (including phenoxy) is 1. The second kappa shape index (κ2) is 6.33. The number of carbonyl (C=O) groups is 1. The minimum absolute atomic E-state index is 0.0729. The summed E-state index contributed by atoms with van der Waals surface area (Å²) in [5.74, 6) is 0. The molecule has 4 rings (SSSR count). The number of fused-ring (bicyclic) bond motifs is 1. The Labute approximate surface area is 147 Å². The van der Waals surface area contributed by atoms with Crippen molar-refractivity contribution in [3.05, 3.63) is 53.0 Å². The van der Waals surface area contributed by atoms with E-state index >= 15 is 0 Å². The molecule has 1 aliphatic rings. The fourth-order valence-corrected chi connectivity index (χ4v) is 3.23. The van der Waals surface area contributed by atoms with Gasteiger partial charge < -0.3 is 9.64 Å². The largest absolute Gasteiger partial charge is 0.370 e. The van der Waals surface area contributed by atoms with Gasteiger partial charge >= 0.3 is 0 Å². The Balaban J connectivity index is 1.60. The maximum Gasteiger partial charge on any atom is 0.209 e. The standard InChI is InChI=1S/C17H15BrN4O2/c18-16-7-20-17-8-19-14(9-22(16)17)12-1-3-13(4-2-12)15-10-21(11-23)5-6-24-15/h1-4,7-9,11,15H,5-6,10H2. The lowest BCUT2D eigenvalue weighted by Gasteiger charge is -2.30. The van der Waals surface area contributed by atoms with Crippen LogP contribution in [0.3, 0.4) is 0 Å². The fraction of sp³-hybridized carbons (Fsp3) is 0.235. The Bertz CT molecular complexity index is 878. The van der Waals surface area contributed by atoms with E-state index in [4.69, 9.17) is 4.74 Å². The lowest BCUT2D eigenvalue weighted by molar-refractivity contribution is -0.125. The van der Waals surface area contributed by atoms with Gasteiger partial charge in [0.1, 0.15) is 10.7 Å². The van der Waals surface area contributed by atoms with Gasteiger partial charge in [-0.25, -0.2) is 4.98 Å². The van der Waals surface area contributed by atoms with Gasteiger partial charge in [-0.15, -0.1) is 0 Å². The number of morpholine rings is 1. The number of benzene rings is 1. The normalized spacial score (nSPS) is 18.0. The molecule has 6 nitrogen and oxygen atoms in total. The minimum Gasteiger partial charge on any atom is -0.370 e. The summed E-state index contributed by atoms with van der Waals surface area (Å²) in [7, 11) is 0. The first-order chi connectivity index (χ1) is 11.7. The summed E-state index contributed by atoms with van der Waals surface area (Å²) in [6, 6.07) is 8.11. The van der Waals surface area contributed by atoms with Crippen molar-refractivity contribution in [2.24, 2.45) is 0 Å². The second-order valence-corrected chi connectivity index (χ2v) is 6.48. The van der Waals surface area contributed by atoms with Gasteiger partial charge in [0, 0.05) is 18.3 Å². The quantitative estimate of drug-likeness (QED) is 0.649. The Morgan fingerprint density at radius 3 is 2.83 bits per heavy atom. The molecule has 0 spiro atoms. The summed E-state index contributed by atoms with van der Waals surface area (Å²) in [5.41, 5.74) is 3.75. The first kappa shape index (κ1) is 15.3. The number of aromatic nitrogens is 3. The van der Waals surface area contributed by atoms with Gasteiger partial charge in [0.2, 0.25) is 6.41 Å². The molecule has 7 heteroatoms. The average Bonchev–Trinajstić information content (AvgIpc) is 3.02. The lowest BCUT2D eigenvalue weighted by atomic mass is 10.0. The summed E-state index contributed by atoms with van der Waals surface area (Å²) in [4.78, 5) is 21.4. The van der Waals surface area contributed by atoms with Gasteiger partial charge in [-0.1, -0.05) is 24.3 Å². The van der Waals surface area contributed by atoms with Crippen LogP contribution < -0.4 is 0 Å². The summed E-state index contributed by atoms with van der Waals surface area (Å²) in [6.07, 6.45) is 6.26. The number of halogens is 1. The van der Waals surface area contributed by atoms with Crippen LogP contribution >= 0.6 is 15.9 Å². The highest BCUT2D eigenvalue weighted by Crippen LogP contribution is 2.25. The average molecular weight is 387 g/mol. The lowest BCUT2D eigenvalue weighted by Crippen LogP contribution is -2.37. The maximum absolute atomic E-state index is 10.9. The number of carbonyl (C=O) groups excluding carboxylic acids is 1. The predicted octanol–water partition coefficient (Wildman–Crippen LogP) is 2.69. The van der Waals surface area contributed by atoms with Crippen LogP contribution in [0.25, 0.3) is 16.9 Å². The maximum atomic E-state index is 10.9. The van der Waals surface area contributed by atoms with Crippen LogP contribution in [0.2, 0.25) is 0 Å². The zero-order valence-electron chi connectivity index (χ0n) is 12.8. The molecule has 1 fully saturated rings. The zero-order valence-corrected chi connectivity index (χ0v) is 14.4. The van der Waals surface area contributed by atoms with E-state index in [9.17, 15) is 4.79 Å². The summed E-state index contributed by atoms with van der Waals surface area (Å²) >= 11 is 3.47. The number of hydrogen-bond donors (Lipinski definition) is 0. The van der Waals surface area contributed by atoms with Crippen molar-refractivity contribution in [2.45, 2.75) is 6.10 Å². The van der Waals surface area contributed by atoms with Crippen LogP contribution in [0, 0.1) is 0 Å². The van der Waals surface area contributed by atoms with E-state index in [0.29, 0.717) is 19.7 Å². The third-order valence-corrected chi connectivity index (χ3v) is 4.76. The molecule has 0 radical (unpaired) electrons. The van der Waals surface area contributed by atoms with E-state index in [1.54, 1.807) is 17.3 Å². The molecule has 1 saturated heterocycles. The molecule has 1 unspecified atom stereocenters. The van der Waals surface area contributed by atoms with Gasteiger partial charge in [-0.3, -0.25) is 14.2 Å². The predicted molar refractivity (Wildman–Crippen MR) is 92.5 cm³/mol. The molecule has 1 atom stereocenters. The molecule has 0 aliphatic carbocycles. The van der Waals surface area contributed by atoms with E-state index in [-0.39, 0.29) is 6.10 Å². The summed E-state index contributed by atoms with van der Waals surface area (Å²) in [5, 5.41) is 0. The second-order valence-electron chi connectivity index (χ2n) is 5.66. The van der Waals surface area contributed by atoms with Gasteiger partial charge in [-0.05, 0) is 21.5 Å². The van der Waals surface area contributed by atoms with Crippen LogP contribution in [0.4, 0.5) is 0 Å². The minimum atomic E-state index is -0.0729. The third kappa shape index (κ3) is 2.81. The van der Waals surface area contributed by atoms with Gasteiger partial charge in [-0.2, -0.15) is 0 Å². The number of nitrogens with zero attached hydrogens (tertiary/aromatic N) is 4. The SMILES string of the molecule is O=CN1CCOC(c2ccc(-c3cn4c(Br)cnc4cn3)cc2)C1. The van der Waals surface area contributed by atoms with Gasteiger partial charge in [0.15, 0.2) is 5.65 Å². The van der Waals surface area contributed by atoms with Crippen molar-refractivity contribution in [2.75, 3.05) is 19.7 Å². The van der Waals surface area contributed by atoms with Crippen molar-refractivity contribution in [1.82, 2.24) is 19.3 Å². The number of rotatable bonds is 3. The highest BCUT2D eigenvalue weighted by Gasteiger charge is 2.20. The van der Waals surface area contributed by atoms with Crippen molar-refractivity contribution in [3.63, 3.8) is 0 Å². The summed E-state index contributed by atoms with van der Waals surface area (Å²) < 4.78 is 8.61. The number of amides is 1. The molecule has 1 aliphatic heterocycles. The highest BCUT2D eigenvalue weighted by atomic mass is 79.9. The molecule has 0 N–H and O–H groups in total. The molecule has 1 aromatic carbocycles. The number of imidazole rings is 1. The van der Waals surface area contributed by atoms with Crippen molar-refractivity contribution in [1.29, 1.82) is 0 Å². The molecule has 3 aromatic rings. The molecule has 122 valence electrons. The molecule has 1 amide bonds. The number of hydrogen-bond acceptors (Lipinski definition) is 4. The van der Waals surface area contributed by atoms with Crippen molar-refractivity contribution >= 4 is 28.0 Å². The first-order valence-corrected chi connectivity index (χ1v) is 8.44. The first-order valence-electron chi connectivity index (χ1n) is 7.64. The summed E-state index contributed by atoms with van der Waals surface area (Å²) in [6.45, 7) is 1.81. The van der Waals surface area contributed by atoms with Crippen LogP contribution in [-0.2, 0) is 9.53 Å². The highest BCUT2D eigenvalue weighted by molar-refractivity contribution is 9.10. The van der Waals surface area contributed by atoms with E-state index in [1.165, 1.54) is 0 Å². The Kier molecular flexibility index (Phi) is 4.03. The van der Waals surface area contributed by atoms with Crippen molar-refractivity contribution in [3.8, 4) is 11.3 Å². The third-order valence-electron chi connectivity index (χ3n) is 4.18. The smallest absolute Gasteiger partial charge is 0.209 e. The van der Waals surface area contributed by atoms with Crippen molar-refractivity contribution < 1.29 is 9.53 Å². The van der Waals surface area contributed by atoms with E-state index < -0.39 is 0 Å². The van der Waals surface area contributed by atoms with Crippen LogP contribution in [0.1, 0.15) is 11.7 Å². The zero-order chi connectivity index (χ0) is 16.5. The Morgan fingerprint density at radius 1 is 1.21 bits per heavy atom. The van der Waals surface area contributed by atoms with E-state index in [2.05, 4.69) is 25.9 Å². The molecule has 24 heavy (non-hydrogen) atoms. The van der Waals surface area contributed by atoms with Crippen LogP contribution in [0.15, 0.2) is 47.5 Å². The van der Waals surface area contributed by atoms with Crippen LogP contribution in [0.5, 0.6) is 0 Å². The molecule has 2 aromatic heterocycles. The Morgan fingerprint density at radius 2 is 2.04 bits per heavy atom. The van der Waals surface area contributed by atoms with Gasteiger partial charge in [0.05, 0.1) is 31.2 Å². The molecular formula is C17H15BrN4O2. The van der Waals surface area contributed by atoms with Gasteiger partial charge in [0.25, 0.3) is 0 Å². The van der Waals surface area contributed by atoms with E-state index in [1.807, 2.05) is 34.9 Å². The Hall–Kier alpha value is -2.25. The monoisotopic (exact) mass is 386 g/mol.